The molecule has 1 aromatic rings. The summed E-state index contributed by atoms with van der Waals surface area (Å²) in [5.41, 5.74) is 0.373. The molecular weight excluding hydrogens is 216 g/mol. The van der Waals surface area contributed by atoms with E-state index in [1.165, 1.54) is 12.4 Å². The van der Waals surface area contributed by atoms with E-state index in [-0.39, 0.29) is 11.9 Å². The maximum Gasteiger partial charge on any atom is 0.271 e. The number of rotatable bonds is 2. The van der Waals surface area contributed by atoms with E-state index in [2.05, 4.69) is 34.4 Å². The van der Waals surface area contributed by atoms with Crippen LogP contribution in [0.1, 0.15) is 30.8 Å². The molecule has 2 N–H and O–H groups in total. The van der Waals surface area contributed by atoms with Crippen LogP contribution in [0.15, 0.2) is 18.6 Å². The van der Waals surface area contributed by atoms with Gasteiger partial charge in [0.25, 0.3) is 5.91 Å². The molecule has 0 aliphatic carbocycles. The van der Waals surface area contributed by atoms with Gasteiger partial charge in [-0.05, 0) is 25.8 Å². The first-order chi connectivity index (χ1) is 8.18. The van der Waals surface area contributed by atoms with Gasteiger partial charge < -0.3 is 10.6 Å². The van der Waals surface area contributed by atoms with Gasteiger partial charge in [0.1, 0.15) is 5.69 Å². The normalized spacial score (nSPS) is 28.7. The minimum Gasteiger partial charge on any atom is -0.346 e. The van der Waals surface area contributed by atoms with Gasteiger partial charge in [0.05, 0.1) is 6.20 Å². The smallest absolute Gasteiger partial charge is 0.271 e. The van der Waals surface area contributed by atoms with Crippen LogP contribution >= 0.6 is 0 Å². The monoisotopic (exact) mass is 234 g/mol. The molecule has 1 amide bonds. The standard InChI is InChI=1S/C12H18N4O/c1-8-3-4-14-9(2)11(8)16-12(17)10-7-13-5-6-15-10/h5-9,11,14H,3-4H2,1-2H3,(H,16,17). The minimum atomic E-state index is -0.148. The summed E-state index contributed by atoms with van der Waals surface area (Å²) >= 11 is 0. The van der Waals surface area contributed by atoms with Crippen molar-refractivity contribution in [3.05, 3.63) is 24.3 Å². The summed E-state index contributed by atoms with van der Waals surface area (Å²) < 4.78 is 0. The van der Waals surface area contributed by atoms with Crippen LogP contribution in [0.25, 0.3) is 0 Å². The number of hydrogen-bond donors (Lipinski definition) is 2. The summed E-state index contributed by atoms with van der Waals surface area (Å²) in [7, 11) is 0. The summed E-state index contributed by atoms with van der Waals surface area (Å²) in [6.45, 7) is 5.27. The zero-order chi connectivity index (χ0) is 12.3. The first kappa shape index (κ1) is 12.0. The first-order valence-electron chi connectivity index (χ1n) is 5.98. The van der Waals surface area contributed by atoms with E-state index in [1.54, 1.807) is 6.20 Å². The molecule has 1 aliphatic heterocycles. The molecule has 0 bridgehead atoms. The van der Waals surface area contributed by atoms with Crippen LogP contribution < -0.4 is 10.6 Å². The van der Waals surface area contributed by atoms with Gasteiger partial charge in [0.15, 0.2) is 0 Å². The number of aromatic nitrogens is 2. The van der Waals surface area contributed by atoms with Crippen LogP contribution in [0.2, 0.25) is 0 Å². The van der Waals surface area contributed by atoms with Crippen LogP contribution in [-0.4, -0.2) is 34.5 Å². The van der Waals surface area contributed by atoms with E-state index in [1.807, 2.05) is 0 Å². The lowest BCUT2D eigenvalue weighted by Crippen LogP contribution is -2.56. The Balaban J connectivity index is 2.03. The van der Waals surface area contributed by atoms with Crippen molar-refractivity contribution >= 4 is 5.91 Å². The Bertz CT molecular complexity index is 371. The zero-order valence-electron chi connectivity index (χ0n) is 10.2. The van der Waals surface area contributed by atoms with Crippen molar-refractivity contribution in [2.45, 2.75) is 32.4 Å². The lowest BCUT2D eigenvalue weighted by Gasteiger charge is -2.35. The van der Waals surface area contributed by atoms with Crippen LogP contribution in [0, 0.1) is 5.92 Å². The second kappa shape index (κ2) is 5.23. The molecule has 1 fully saturated rings. The number of carbonyl (C=O) groups is 1. The van der Waals surface area contributed by atoms with Crippen molar-refractivity contribution < 1.29 is 4.79 Å². The molecule has 5 heteroatoms. The van der Waals surface area contributed by atoms with Crippen LogP contribution in [-0.2, 0) is 0 Å². The maximum absolute atomic E-state index is 12.0. The fourth-order valence-corrected chi connectivity index (χ4v) is 2.25. The van der Waals surface area contributed by atoms with Crippen molar-refractivity contribution in [3.8, 4) is 0 Å². The molecule has 1 aromatic heterocycles. The van der Waals surface area contributed by atoms with Gasteiger partial charge in [-0.25, -0.2) is 4.98 Å². The molecule has 0 saturated carbocycles. The summed E-state index contributed by atoms with van der Waals surface area (Å²) in [5, 5.41) is 6.40. The average Bonchev–Trinajstić information content (AvgIpc) is 2.35. The molecule has 0 radical (unpaired) electrons. The van der Waals surface area contributed by atoms with E-state index in [0.29, 0.717) is 17.7 Å². The van der Waals surface area contributed by atoms with Gasteiger partial charge in [-0.2, -0.15) is 0 Å². The summed E-state index contributed by atoms with van der Waals surface area (Å²) in [6.07, 6.45) is 5.65. The highest BCUT2D eigenvalue weighted by Gasteiger charge is 2.29. The lowest BCUT2D eigenvalue weighted by molar-refractivity contribution is 0.0892. The fourth-order valence-electron chi connectivity index (χ4n) is 2.25. The Morgan fingerprint density at radius 3 is 2.94 bits per heavy atom. The first-order valence-corrected chi connectivity index (χ1v) is 5.98. The van der Waals surface area contributed by atoms with E-state index in [0.717, 1.165) is 13.0 Å². The van der Waals surface area contributed by atoms with Gasteiger partial charge in [0, 0.05) is 24.5 Å². The summed E-state index contributed by atoms with van der Waals surface area (Å²) in [4.78, 5) is 19.9. The number of nitrogens with one attached hydrogen (secondary N) is 2. The topological polar surface area (TPSA) is 66.9 Å². The average molecular weight is 234 g/mol. The van der Waals surface area contributed by atoms with Crippen molar-refractivity contribution in [1.82, 2.24) is 20.6 Å². The van der Waals surface area contributed by atoms with Gasteiger partial charge in [0.2, 0.25) is 0 Å². The van der Waals surface area contributed by atoms with E-state index < -0.39 is 0 Å². The number of piperidine rings is 1. The predicted octanol–water partition coefficient (Wildman–Crippen LogP) is 0.593. The molecule has 2 heterocycles. The quantitative estimate of drug-likeness (QED) is 0.786. The van der Waals surface area contributed by atoms with E-state index in [9.17, 15) is 4.79 Å². The Morgan fingerprint density at radius 2 is 2.29 bits per heavy atom. The summed E-state index contributed by atoms with van der Waals surface area (Å²) in [6, 6.07) is 0.442. The maximum atomic E-state index is 12.0. The largest absolute Gasteiger partial charge is 0.346 e. The number of carbonyl (C=O) groups excluding carboxylic acids is 1. The Labute approximate surface area is 101 Å². The van der Waals surface area contributed by atoms with Crippen molar-refractivity contribution in [2.75, 3.05) is 6.54 Å². The molecule has 3 atom stereocenters. The molecule has 5 nitrogen and oxygen atoms in total. The van der Waals surface area contributed by atoms with Crippen molar-refractivity contribution in [3.63, 3.8) is 0 Å². The van der Waals surface area contributed by atoms with Gasteiger partial charge in [-0.3, -0.25) is 9.78 Å². The van der Waals surface area contributed by atoms with Crippen molar-refractivity contribution in [2.24, 2.45) is 5.92 Å². The molecule has 1 saturated heterocycles. The van der Waals surface area contributed by atoms with E-state index in [4.69, 9.17) is 0 Å². The SMILES string of the molecule is CC1CCNC(C)C1NC(=O)c1cnccn1. The van der Waals surface area contributed by atoms with E-state index >= 15 is 0 Å². The molecule has 1 aliphatic rings. The number of hydrogen-bond acceptors (Lipinski definition) is 4. The van der Waals surface area contributed by atoms with Crippen LogP contribution in [0.4, 0.5) is 0 Å². The number of amides is 1. The Kier molecular flexibility index (Phi) is 3.68. The highest BCUT2D eigenvalue weighted by molar-refractivity contribution is 5.92. The van der Waals surface area contributed by atoms with Crippen LogP contribution in [0.5, 0.6) is 0 Å². The molecule has 17 heavy (non-hydrogen) atoms. The minimum absolute atomic E-state index is 0.148. The second-order valence-electron chi connectivity index (χ2n) is 4.60. The second-order valence-corrected chi connectivity index (χ2v) is 4.60. The molecule has 2 rings (SSSR count). The summed E-state index contributed by atoms with van der Waals surface area (Å²) in [5.74, 6) is 0.331. The highest BCUT2D eigenvalue weighted by atomic mass is 16.2. The van der Waals surface area contributed by atoms with Crippen LogP contribution in [0.3, 0.4) is 0 Å². The lowest BCUT2D eigenvalue weighted by atomic mass is 9.89. The molecular formula is C12H18N4O. The highest BCUT2D eigenvalue weighted by Crippen LogP contribution is 2.16. The number of nitrogens with zero attached hydrogens (tertiary/aromatic N) is 2. The van der Waals surface area contributed by atoms with Gasteiger partial charge >= 0.3 is 0 Å². The van der Waals surface area contributed by atoms with Gasteiger partial charge in [-0.15, -0.1) is 0 Å². The molecule has 3 unspecified atom stereocenters. The molecule has 0 aromatic carbocycles. The van der Waals surface area contributed by atoms with Gasteiger partial charge in [-0.1, -0.05) is 6.92 Å². The zero-order valence-corrected chi connectivity index (χ0v) is 10.2. The Hall–Kier alpha value is -1.49. The third-order valence-electron chi connectivity index (χ3n) is 3.31. The van der Waals surface area contributed by atoms with Crippen molar-refractivity contribution in [1.29, 1.82) is 0 Å². The molecule has 92 valence electrons. The fraction of sp³-hybridized carbons (Fsp3) is 0.583. The third-order valence-corrected chi connectivity index (χ3v) is 3.31. The Morgan fingerprint density at radius 1 is 1.47 bits per heavy atom. The predicted molar refractivity (Wildman–Crippen MR) is 64.5 cm³/mol. The third kappa shape index (κ3) is 2.79. The molecule has 0 spiro atoms.